The van der Waals surface area contributed by atoms with Crippen LogP contribution in [0.3, 0.4) is 0 Å². The van der Waals surface area contributed by atoms with Crippen molar-refractivity contribution in [1.29, 1.82) is 0 Å². The SMILES string of the molecule is Cn1ccnc1CNC(=O)Cc1c[nH]c2ccccc12. The van der Waals surface area contributed by atoms with Gasteiger partial charge in [0.25, 0.3) is 0 Å². The lowest BCUT2D eigenvalue weighted by Crippen LogP contribution is -2.25. The second-order valence-corrected chi connectivity index (χ2v) is 4.77. The zero-order valence-electron chi connectivity index (χ0n) is 11.3. The van der Waals surface area contributed by atoms with E-state index in [0.717, 1.165) is 22.3 Å². The molecule has 0 aliphatic carbocycles. The minimum absolute atomic E-state index is 0.00208. The van der Waals surface area contributed by atoms with Crippen LogP contribution in [0.25, 0.3) is 10.9 Å². The average molecular weight is 268 g/mol. The summed E-state index contributed by atoms with van der Waals surface area (Å²) in [5.41, 5.74) is 2.07. The number of hydrogen-bond acceptors (Lipinski definition) is 2. The largest absolute Gasteiger partial charge is 0.361 e. The predicted octanol–water partition coefficient (Wildman–Crippen LogP) is 1.76. The summed E-state index contributed by atoms with van der Waals surface area (Å²) in [6.45, 7) is 0.449. The molecule has 0 saturated heterocycles. The molecule has 102 valence electrons. The van der Waals surface area contributed by atoms with Gasteiger partial charge in [0.1, 0.15) is 5.82 Å². The highest BCUT2D eigenvalue weighted by Crippen LogP contribution is 2.17. The normalized spacial score (nSPS) is 10.8. The van der Waals surface area contributed by atoms with Crippen LogP contribution < -0.4 is 5.32 Å². The van der Waals surface area contributed by atoms with Gasteiger partial charge in [-0.15, -0.1) is 0 Å². The van der Waals surface area contributed by atoms with Crippen LogP contribution in [-0.2, 0) is 24.8 Å². The third-order valence-electron chi connectivity index (χ3n) is 3.39. The van der Waals surface area contributed by atoms with E-state index < -0.39 is 0 Å². The van der Waals surface area contributed by atoms with E-state index in [1.807, 2.05) is 48.3 Å². The van der Waals surface area contributed by atoms with Crippen LogP contribution in [0.5, 0.6) is 0 Å². The van der Waals surface area contributed by atoms with Gasteiger partial charge >= 0.3 is 0 Å². The molecule has 5 heteroatoms. The van der Waals surface area contributed by atoms with E-state index in [2.05, 4.69) is 15.3 Å². The number of fused-ring (bicyclic) bond motifs is 1. The number of imidazole rings is 1. The van der Waals surface area contributed by atoms with Gasteiger partial charge in [0.05, 0.1) is 13.0 Å². The first-order chi connectivity index (χ1) is 9.74. The lowest BCUT2D eigenvalue weighted by Gasteiger charge is -2.05. The van der Waals surface area contributed by atoms with Crippen molar-refractivity contribution < 1.29 is 4.79 Å². The molecule has 0 spiro atoms. The smallest absolute Gasteiger partial charge is 0.224 e. The molecular weight excluding hydrogens is 252 g/mol. The van der Waals surface area contributed by atoms with Crippen LogP contribution in [0.2, 0.25) is 0 Å². The lowest BCUT2D eigenvalue weighted by atomic mass is 10.1. The maximum atomic E-state index is 12.0. The van der Waals surface area contributed by atoms with Crippen molar-refractivity contribution in [3.05, 3.63) is 54.2 Å². The van der Waals surface area contributed by atoms with Crippen LogP contribution in [0.1, 0.15) is 11.4 Å². The Morgan fingerprint density at radius 1 is 1.40 bits per heavy atom. The van der Waals surface area contributed by atoms with Gasteiger partial charge in [0, 0.05) is 36.5 Å². The fourth-order valence-electron chi connectivity index (χ4n) is 2.26. The van der Waals surface area contributed by atoms with Crippen molar-refractivity contribution >= 4 is 16.8 Å². The molecule has 0 atom stereocenters. The Labute approximate surface area is 116 Å². The standard InChI is InChI=1S/C15H16N4O/c1-19-7-6-16-14(19)10-18-15(20)8-11-9-17-13-5-3-2-4-12(11)13/h2-7,9,17H,8,10H2,1H3,(H,18,20). The minimum atomic E-state index is -0.00208. The number of nitrogens with one attached hydrogen (secondary N) is 2. The zero-order valence-corrected chi connectivity index (χ0v) is 11.3. The average Bonchev–Trinajstić information content (AvgIpc) is 3.04. The van der Waals surface area contributed by atoms with Crippen molar-refractivity contribution in [3.8, 4) is 0 Å². The van der Waals surface area contributed by atoms with Gasteiger partial charge in [-0.1, -0.05) is 18.2 Å². The molecule has 0 bridgehead atoms. The van der Waals surface area contributed by atoms with E-state index in [1.54, 1.807) is 6.20 Å². The molecule has 5 nitrogen and oxygen atoms in total. The van der Waals surface area contributed by atoms with Crippen molar-refractivity contribution in [2.24, 2.45) is 7.05 Å². The van der Waals surface area contributed by atoms with Gasteiger partial charge in [-0.2, -0.15) is 0 Å². The summed E-state index contributed by atoms with van der Waals surface area (Å²) in [6.07, 6.45) is 5.85. The highest BCUT2D eigenvalue weighted by atomic mass is 16.1. The molecule has 2 aromatic heterocycles. The molecule has 0 saturated carbocycles. The number of aromatic nitrogens is 3. The van der Waals surface area contributed by atoms with Crippen LogP contribution in [0, 0.1) is 0 Å². The van der Waals surface area contributed by atoms with Crippen molar-refractivity contribution in [2.75, 3.05) is 0 Å². The van der Waals surface area contributed by atoms with E-state index in [0.29, 0.717) is 13.0 Å². The zero-order chi connectivity index (χ0) is 13.9. The summed E-state index contributed by atoms with van der Waals surface area (Å²) in [4.78, 5) is 19.4. The van der Waals surface area contributed by atoms with Gasteiger partial charge in [-0.05, 0) is 11.6 Å². The maximum absolute atomic E-state index is 12.0. The monoisotopic (exact) mass is 268 g/mol. The van der Waals surface area contributed by atoms with Gasteiger partial charge in [0.15, 0.2) is 0 Å². The second-order valence-electron chi connectivity index (χ2n) is 4.77. The summed E-state index contributed by atoms with van der Waals surface area (Å²) in [6, 6.07) is 7.98. The van der Waals surface area contributed by atoms with Gasteiger partial charge < -0.3 is 14.9 Å². The van der Waals surface area contributed by atoms with Crippen molar-refractivity contribution in [3.63, 3.8) is 0 Å². The fraction of sp³-hybridized carbons (Fsp3) is 0.200. The summed E-state index contributed by atoms with van der Waals surface area (Å²) < 4.78 is 1.89. The Bertz CT molecular complexity index is 741. The number of H-pyrrole nitrogens is 1. The number of amides is 1. The maximum Gasteiger partial charge on any atom is 0.224 e. The van der Waals surface area contributed by atoms with E-state index in [4.69, 9.17) is 0 Å². The molecule has 0 radical (unpaired) electrons. The fourth-order valence-corrected chi connectivity index (χ4v) is 2.26. The van der Waals surface area contributed by atoms with Crippen LogP contribution in [0.15, 0.2) is 42.9 Å². The summed E-state index contributed by atoms with van der Waals surface area (Å²) >= 11 is 0. The Kier molecular flexibility index (Phi) is 3.25. The molecule has 0 aliphatic heterocycles. The quantitative estimate of drug-likeness (QED) is 0.757. The van der Waals surface area contributed by atoms with E-state index in [9.17, 15) is 4.79 Å². The number of aryl methyl sites for hydroxylation is 1. The Balaban J connectivity index is 1.66. The van der Waals surface area contributed by atoms with Gasteiger partial charge in [-0.3, -0.25) is 4.79 Å². The Morgan fingerprint density at radius 3 is 3.05 bits per heavy atom. The number of hydrogen-bond donors (Lipinski definition) is 2. The van der Waals surface area contributed by atoms with E-state index >= 15 is 0 Å². The third-order valence-corrected chi connectivity index (χ3v) is 3.39. The summed E-state index contributed by atoms with van der Waals surface area (Å²) in [5, 5.41) is 3.99. The van der Waals surface area contributed by atoms with Gasteiger partial charge in [-0.25, -0.2) is 4.98 Å². The number of aromatic amines is 1. The number of carbonyl (C=O) groups is 1. The first-order valence-corrected chi connectivity index (χ1v) is 6.52. The molecule has 3 aromatic rings. The number of nitrogens with zero attached hydrogens (tertiary/aromatic N) is 2. The molecule has 0 fully saturated rings. The third kappa shape index (κ3) is 2.42. The molecule has 2 heterocycles. The molecule has 20 heavy (non-hydrogen) atoms. The number of benzene rings is 1. The molecule has 0 unspecified atom stereocenters. The topological polar surface area (TPSA) is 62.7 Å². The first-order valence-electron chi connectivity index (χ1n) is 6.52. The minimum Gasteiger partial charge on any atom is -0.361 e. The molecule has 1 amide bonds. The predicted molar refractivity (Wildman–Crippen MR) is 77.1 cm³/mol. The summed E-state index contributed by atoms with van der Waals surface area (Å²) in [7, 11) is 1.91. The van der Waals surface area contributed by atoms with Crippen LogP contribution in [0.4, 0.5) is 0 Å². The number of para-hydroxylation sites is 1. The highest BCUT2D eigenvalue weighted by Gasteiger charge is 2.09. The second kappa shape index (κ2) is 5.21. The first kappa shape index (κ1) is 12.5. The number of carbonyl (C=O) groups excluding carboxylic acids is 1. The number of rotatable bonds is 4. The highest BCUT2D eigenvalue weighted by molar-refractivity contribution is 5.88. The summed E-state index contributed by atoms with van der Waals surface area (Å²) in [5.74, 6) is 0.843. The van der Waals surface area contributed by atoms with Crippen molar-refractivity contribution in [1.82, 2.24) is 19.9 Å². The molecular formula is C15H16N4O. The van der Waals surface area contributed by atoms with Crippen molar-refractivity contribution in [2.45, 2.75) is 13.0 Å². The van der Waals surface area contributed by atoms with Crippen LogP contribution >= 0.6 is 0 Å². The Morgan fingerprint density at radius 2 is 2.25 bits per heavy atom. The molecule has 2 N–H and O–H groups in total. The molecule has 1 aromatic carbocycles. The van der Waals surface area contributed by atoms with E-state index in [-0.39, 0.29) is 5.91 Å². The van der Waals surface area contributed by atoms with E-state index in [1.165, 1.54) is 0 Å². The van der Waals surface area contributed by atoms with Gasteiger partial charge in [0.2, 0.25) is 5.91 Å². The lowest BCUT2D eigenvalue weighted by molar-refractivity contribution is -0.120. The molecule has 0 aliphatic rings. The van der Waals surface area contributed by atoms with Crippen LogP contribution in [-0.4, -0.2) is 20.4 Å². The Hall–Kier alpha value is -2.56. The molecule has 3 rings (SSSR count).